The largest absolute Gasteiger partial charge is 0.493 e. The summed E-state index contributed by atoms with van der Waals surface area (Å²) in [7, 11) is 1.50. The van der Waals surface area contributed by atoms with E-state index in [0.29, 0.717) is 46.2 Å². The summed E-state index contributed by atoms with van der Waals surface area (Å²) in [6.45, 7) is 2.85. The zero-order valence-electron chi connectivity index (χ0n) is 20.6. The number of imide groups is 2. The number of anilines is 1. The van der Waals surface area contributed by atoms with Crippen LogP contribution in [0, 0.1) is 0 Å². The second kappa shape index (κ2) is 12.3. The number of nitrogens with zero attached hydrogens (tertiary/aromatic N) is 1. The molecule has 4 rings (SSSR count). The highest BCUT2D eigenvalue weighted by Gasteiger charge is 2.37. The first kappa shape index (κ1) is 27.4. The van der Waals surface area contributed by atoms with E-state index in [-0.39, 0.29) is 5.57 Å². The fourth-order valence-corrected chi connectivity index (χ4v) is 4.50. The number of carbonyl (C=O) groups is 3. The summed E-state index contributed by atoms with van der Waals surface area (Å²) in [5.74, 6) is -0.00310. The second-order valence-corrected chi connectivity index (χ2v) is 10.0. The first-order valence-electron chi connectivity index (χ1n) is 11.7. The topological polar surface area (TPSA) is 94.2 Å². The molecule has 38 heavy (non-hydrogen) atoms. The quantitative estimate of drug-likeness (QED) is 0.219. The van der Waals surface area contributed by atoms with Crippen molar-refractivity contribution in [1.29, 1.82) is 0 Å². The fraction of sp³-hybridized carbons (Fsp3) is 0.179. The maximum absolute atomic E-state index is 13.3. The van der Waals surface area contributed by atoms with Crippen LogP contribution in [0.25, 0.3) is 6.08 Å². The number of carbonyl (C=O) groups excluding carboxylic acids is 3. The number of methoxy groups -OCH3 is 1. The van der Waals surface area contributed by atoms with Crippen LogP contribution >= 0.6 is 31.9 Å². The van der Waals surface area contributed by atoms with Crippen LogP contribution in [-0.4, -0.2) is 31.6 Å². The number of benzene rings is 3. The number of amides is 4. The third kappa shape index (κ3) is 6.25. The summed E-state index contributed by atoms with van der Waals surface area (Å²) in [6, 6.07) is 16.8. The minimum Gasteiger partial charge on any atom is -0.493 e. The molecule has 0 aromatic heterocycles. The van der Waals surface area contributed by atoms with E-state index in [2.05, 4.69) is 37.2 Å². The third-order valence-electron chi connectivity index (χ3n) is 5.53. The Bertz CT molecular complexity index is 1390. The molecule has 1 heterocycles. The molecule has 0 spiro atoms. The zero-order valence-corrected chi connectivity index (χ0v) is 23.8. The van der Waals surface area contributed by atoms with Gasteiger partial charge >= 0.3 is 6.03 Å². The lowest BCUT2D eigenvalue weighted by molar-refractivity contribution is -0.122. The number of rotatable bonds is 9. The molecule has 3 aromatic carbocycles. The molecule has 3 aromatic rings. The number of ether oxygens (including phenoxy) is 3. The van der Waals surface area contributed by atoms with Crippen molar-refractivity contribution in [3.8, 4) is 17.2 Å². The predicted octanol–water partition coefficient (Wildman–Crippen LogP) is 6.25. The molecule has 0 saturated carbocycles. The number of hydrogen-bond acceptors (Lipinski definition) is 6. The Morgan fingerprint density at radius 1 is 0.947 bits per heavy atom. The number of halogens is 2. The van der Waals surface area contributed by atoms with Crippen LogP contribution in [-0.2, 0) is 16.2 Å². The molecule has 0 bridgehead atoms. The summed E-state index contributed by atoms with van der Waals surface area (Å²) in [5, 5.41) is 2.23. The molecule has 1 saturated heterocycles. The number of nitrogens with one attached hydrogen (secondary N) is 1. The number of hydrogen-bond donors (Lipinski definition) is 1. The standard InChI is InChI=1S/C28H24Br2N2O6/c1-3-12-37-25-23(30)14-18(15-24(25)36-2)13-22-26(33)31-28(35)32(27(22)34)20-8-10-21(11-9-20)38-16-17-4-6-19(29)7-5-17/h4-11,13-15H,3,12,16H2,1-2H3,(H,31,33,35)/b22-13+. The van der Waals surface area contributed by atoms with Gasteiger partial charge in [0.05, 0.1) is 23.9 Å². The van der Waals surface area contributed by atoms with Crippen molar-refractivity contribution in [3.05, 3.63) is 86.3 Å². The summed E-state index contributed by atoms with van der Waals surface area (Å²) >= 11 is 6.86. The highest BCUT2D eigenvalue weighted by molar-refractivity contribution is 9.10. The van der Waals surface area contributed by atoms with Crippen LogP contribution in [0.5, 0.6) is 17.2 Å². The minimum atomic E-state index is -0.831. The van der Waals surface area contributed by atoms with Crippen molar-refractivity contribution in [3.63, 3.8) is 0 Å². The van der Waals surface area contributed by atoms with E-state index < -0.39 is 17.8 Å². The molecular formula is C28H24Br2N2O6. The lowest BCUT2D eigenvalue weighted by atomic mass is 10.1. The molecule has 1 aliphatic heterocycles. The monoisotopic (exact) mass is 642 g/mol. The first-order chi connectivity index (χ1) is 18.3. The molecule has 10 heteroatoms. The third-order valence-corrected chi connectivity index (χ3v) is 6.65. The SMILES string of the molecule is CCCOc1c(Br)cc(/C=C2\C(=O)NC(=O)N(c3ccc(OCc4ccc(Br)cc4)cc3)C2=O)cc1OC. The molecule has 0 atom stereocenters. The van der Waals surface area contributed by atoms with Gasteiger partial charge in [-0.15, -0.1) is 0 Å². The van der Waals surface area contributed by atoms with Crippen LogP contribution in [0.3, 0.4) is 0 Å². The zero-order chi connectivity index (χ0) is 27.2. The second-order valence-electron chi connectivity index (χ2n) is 8.25. The van der Waals surface area contributed by atoms with Crippen molar-refractivity contribution in [2.75, 3.05) is 18.6 Å². The van der Waals surface area contributed by atoms with E-state index in [1.165, 1.54) is 13.2 Å². The molecule has 0 radical (unpaired) electrons. The summed E-state index contributed by atoms with van der Waals surface area (Å²) in [4.78, 5) is 39.4. The lowest BCUT2D eigenvalue weighted by Gasteiger charge is -2.26. The molecule has 1 N–H and O–H groups in total. The van der Waals surface area contributed by atoms with Gasteiger partial charge in [0.1, 0.15) is 17.9 Å². The van der Waals surface area contributed by atoms with Gasteiger partial charge in [0.2, 0.25) is 0 Å². The average Bonchev–Trinajstić information content (AvgIpc) is 2.90. The van der Waals surface area contributed by atoms with E-state index in [0.717, 1.165) is 21.4 Å². The molecule has 0 aliphatic carbocycles. The Hall–Kier alpha value is -3.63. The first-order valence-corrected chi connectivity index (χ1v) is 13.3. The lowest BCUT2D eigenvalue weighted by Crippen LogP contribution is -2.54. The summed E-state index contributed by atoms with van der Waals surface area (Å²) in [6.07, 6.45) is 2.22. The van der Waals surface area contributed by atoms with E-state index in [4.69, 9.17) is 14.2 Å². The molecule has 1 aliphatic rings. The van der Waals surface area contributed by atoms with Crippen molar-refractivity contribution in [2.45, 2.75) is 20.0 Å². The molecular weight excluding hydrogens is 620 g/mol. The van der Waals surface area contributed by atoms with Crippen LogP contribution in [0.15, 0.2) is 75.2 Å². The Kier molecular flexibility index (Phi) is 8.85. The van der Waals surface area contributed by atoms with Gasteiger partial charge in [0.15, 0.2) is 11.5 Å². The van der Waals surface area contributed by atoms with Gasteiger partial charge in [-0.3, -0.25) is 14.9 Å². The summed E-state index contributed by atoms with van der Waals surface area (Å²) < 4.78 is 18.6. The van der Waals surface area contributed by atoms with Crippen molar-refractivity contribution < 1.29 is 28.6 Å². The van der Waals surface area contributed by atoms with Crippen LogP contribution < -0.4 is 24.4 Å². The maximum Gasteiger partial charge on any atom is 0.335 e. The molecule has 4 amide bonds. The molecule has 0 unspecified atom stereocenters. The van der Waals surface area contributed by atoms with E-state index in [1.54, 1.807) is 36.4 Å². The average molecular weight is 644 g/mol. The minimum absolute atomic E-state index is 0.198. The van der Waals surface area contributed by atoms with Gasteiger partial charge in [-0.25, -0.2) is 9.69 Å². The van der Waals surface area contributed by atoms with Gasteiger partial charge in [-0.2, -0.15) is 0 Å². The Morgan fingerprint density at radius 3 is 2.32 bits per heavy atom. The van der Waals surface area contributed by atoms with E-state index in [1.807, 2.05) is 31.2 Å². The van der Waals surface area contributed by atoms with Crippen molar-refractivity contribution in [1.82, 2.24) is 5.32 Å². The molecule has 1 fully saturated rings. The van der Waals surface area contributed by atoms with Gasteiger partial charge in [0.25, 0.3) is 11.8 Å². The molecule has 196 valence electrons. The fourth-order valence-electron chi connectivity index (χ4n) is 3.66. The Morgan fingerprint density at radius 2 is 1.66 bits per heavy atom. The maximum atomic E-state index is 13.3. The number of urea groups is 1. The van der Waals surface area contributed by atoms with Crippen molar-refractivity contribution >= 4 is 61.5 Å². The van der Waals surface area contributed by atoms with Crippen LogP contribution in [0.2, 0.25) is 0 Å². The smallest absolute Gasteiger partial charge is 0.335 e. The van der Waals surface area contributed by atoms with E-state index in [9.17, 15) is 14.4 Å². The Balaban J connectivity index is 1.55. The highest BCUT2D eigenvalue weighted by atomic mass is 79.9. The predicted molar refractivity (Wildman–Crippen MR) is 150 cm³/mol. The normalized spacial score (nSPS) is 14.5. The van der Waals surface area contributed by atoms with Gasteiger partial charge in [-0.05, 0) is 88.1 Å². The number of barbiturate groups is 1. The van der Waals surface area contributed by atoms with Gasteiger partial charge in [0, 0.05) is 4.47 Å². The van der Waals surface area contributed by atoms with Crippen molar-refractivity contribution in [2.24, 2.45) is 0 Å². The summed E-state index contributed by atoms with van der Waals surface area (Å²) in [5.41, 5.74) is 1.60. The van der Waals surface area contributed by atoms with Crippen LogP contribution in [0.1, 0.15) is 24.5 Å². The van der Waals surface area contributed by atoms with Crippen LogP contribution in [0.4, 0.5) is 10.5 Å². The highest BCUT2D eigenvalue weighted by Crippen LogP contribution is 2.37. The van der Waals surface area contributed by atoms with E-state index >= 15 is 0 Å². The van der Waals surface area contributed by atoms with Gasteiger partial charge < -0.3 is 14.2 Å². The van der Waals surface area contributed by atoms with Gasteiger partial charge in [-0.1, -0.05) is 35.0 Å². The Labute approximate surface area is 236 Å². The molecule has 8 nitrogen and oxygen atoms in total.